The van der Waals surface area contributed by atoms with E-state index < -0.39 is 16.7 Å². The molecule has 0 spiro atoms. The molecule has 4 heteroatoms. The Kier molecular flexibility index (Phi) is 4.53. The summed E-state index contributed by atoms with van der Waals surface area (Å²) in [7, 11) is -1.26. The molecule has 3 aromatic carbocycles. The maximum Gasteiger partial charge on any atom is 0.230 e. The van der Waals surface area contributed by atoms with Gasteiger partial charge in [0.1, 0.15) is 5.75 Å². The first-order valence-corrected chi connectivity index (χ1v) is 8.82. The van der Waals surface area contributed by atoms with Crippen LogP contribution < -0.4 is 5.73 Å². The van der Waals surface area contributed by atoms with Gasteiger partial charge in [-0.3, -0.25) is 9.00 Å². The van der Waals surface area contributed by atoms with Crippen molar-refractivity contribution < 1.29 is 9.00 Å². The van der Waals surface area contributed by atoms with E-state index in [4.69, 9.17) is 5.73 Å². The molecule has 0 saturated carbocycles. The van der Waals surface area contributed by atoms with Gasteiger partial charge < -0.3 is 5.73 Å². The normalized spacial score (nSPS) is 12.2. The number of hydrogen-bond donors (Lipinski definition) is 1. The summed E-state index contributed by atoms with van der Waals surface area (Å²) in [6.07, 6.45) is 0. The third-order valence-electron chi connectivity index (χ3n) is 3.64. The third kappa shape index (κ3) is 3.85. The van der Waals surface area contributed by atoms with Crippen molar-refractivity contribution in [3.8, 4) is 11.1 Å². The van der Waals surface area contributed by atoms with Crippen molar-refractivity contribution in [1.82, 2.24) is 0 Å². The van der Waals surface area contributed by atoms with E-state index in [-0.39, 0.29) is 5.75 Å². The molecule has 2 N–H and O–H groups in total. The van der Waals surface area contributed by atoms with Crippen molar-refractivity contribution in [2.45, 2.75) is 5.75 Å². The number of hydrogen-bond acceptors (Lipinski definition) is 2. The van der Waals surface area contributed by atoms with Crippen LogP contribution in [0.15, 0.2) is 66.7 Å². The van der Waals surface area contributed by atoms with Crippen LogP contribution in [0.4, 0.5) is 0 Å². The Labute approximate surface area is 137 Å². The van der Waals surface area contributed by atoms with E-state index in [1.807, 2.05) is 36.4 Å². The summed E-state index contributed by atoms with van der Waals surface area (Å²) >= 11 is 0. The predicted molar refractivity (Wildman–Crippen MR) is 95.3 cm³/mol. The zero-order valence-corrected chi connectivity index (χ0v) is 13.4. The summed E-state index contributed by atoms with van der Waals surface area (Å²) in [5, 5.41) is 2.39. The molecule has 23 heavy (non-hydrogen) atoms. The highest BCUT2D eigenvalue weighted by atomic mass is 32.2. The largest absolute Gasteiger partial charge is 0.369 e. The van der Waals surface area contributed by atoms with Gasteiger partial charge in [0.25, 0.3) is 0 Å². The summed E-state index contributed by atoms with van der Waals surface area (Å²) < 4.78 is 11.9. The number of rotatable bonds is 5. The monoisotopic (exact) mass is 323 g/mol. The lowest BCUT2D eigenvalue weighted by atomic mass is 10.00. The van der Waals surface area contributed by atoms with Gasteiger partial charge in [-0.1, -0.05) is 60.7 Å². The van der Waals surface area contributed by atoms with Gasteiger partial charge in [0.15, 0.2) is 0 Å². The first-order chi connectivity index (χ1) is 11.1. The van der Waals surface area contributed by atoms with Gasteiger partial charge in [0.2, 0.25) is 5.91 Å². The topological polar surface area (TPSA) is 60.2 Å². The summed E-state index contributed by atoms with van der Waals surface area (Å²) in [5.41, 5.74) is 8.22. The number of amides is 1. The molecule has 0 aromatic heterocycles. The fourth-order valence-corrected chi connectivity index (χ4v) is 3.58. The van der Waals surface area contributed by atoms with Crippen LogP contribution in [-0.4, -0.2) is 15.9 Å². The second-order valence-corrected chi connectivity index (χ2v) is 6.91. The van der Waals surface area contributed by atoms with Gasteiger partial charge in [0.05, 0.1) is 0 Å². The molecule has 0 fully saturated rings. The standard InChI is InChI=1S/C19H17NO2S/c20-19(21)13-23(22)12-14-4-3-7-16(10-14)18-9-8-15-5-1-2-6-17(15)11-18/h1-11H,12-13H2,(H2,20,21)/t23-/m1/s1. The smallest absolute Gasteiger partial charge is 0.230 e. The maximum absolute atomic E-state index is 11.9. The van der Waals surface area contributed by atoms with E-state index in [1.54, 1.807) is 0 Å². The molecule has 3 rings (SSSR count). The van der Waals surface area contributed by atoms with E-state index >= 15 is 0 Å². The molecule has 0 bridgehead atoms. The maximum atomic E-state index is 11.9. The lowest BCUT2D eigenvalue weighted by Crippen LogP contribution is -2.20. The Morgan fingerprint density at radius 3 is 2.39 bits per heavy atom. The summed E-state index contributed by atoms with van der Waals surface area (Å²) in [5.74, 6) is -0.293. The van der Waals surface area contributed by atoms with Crippen molar-refractivity contribution in [3.63, 3.8) is 0 Å². The Bertz CT molecular complexity index is 889. The van der Waals surface area contributed by atoms with Crippen LogP contribution in [0.25, 0.3) is 21.9 Å². The van der Waals surface area contributed by atoms with E-state index in [9.17, 15) is 9.00 Å². The highest BCUT2D eigenvalue weighted by Gasteiger charge is 2.07. The average molecular weight is 323 g/mol. The summed E-state index contributed by atoms with van der Waals surface area (Å²) in [6, 6.07) is 22.5. The zero-order chi connectivity index (χ0) is 16.2. The number of carbonyl (C=O) groups excluding carboxylic acids is 1. The second kappa shape index (κ2) is 6.75. The van der Waals surface area contributed by atoms with Gasteiger partial charge in [-0.25, -0.2) is 0 Å². The highest BCUT2D eigenvalue weighted by molar-refractivity contribution is 7.84. The minimum absolute atomic E-state index is 0.0970. The van der Waals surface area contributed by atoms with Crippen LogP contribution in [0.2, 0.25) is 0 Å². The second-order valence-electron chi connectivity index (χ2n) is 5.46. The van der Waals surface area contributed by atoms with Crippen LogP contribution in [0.5, 0.6) is 0 Å². The first kappa shape index (κ1) is 15.4. The Morgan fingerprint density at radius 2 is 1.61 bits per heavy atom. The summed E-state index contributed by atoms with van der Waals surface area (Å²) in [6.45, 7) is 0. The van der Waals surface area contributed by atoms with E-state index in [2.05, 4.69) is 30.3 Å². The van der Waals surface area contributed by atoms with Gasteiger partial charge in [0, 0.05) is 16.6 Å². The molecule has 116 valence electrons. The fourth-order valence-electron chi connectivity index (χ4n) is 2.61. The van der Waals surface area contributed by atoms with Crippen LogP contribution in [0.3, 0.4) is 0 Å². The lowest BCUT2D eigenvalue weighted by molar-refractivity contribution is -0.115. The molecule has 3 nitrogen and oxygen atoms in total. The zero-order valence-electron chi connectivity index (χ0n) is 12.6. The molecule has 0 aliphatic rings. The quantitative estimate of drug-likeness (QED) is 0.783. The van der Waals surface area contributed by atoms with Crippen LogP contribution in [-0.2, 0) is 21.3 Å². The lowest BCUT2D eigenvalue weighted by Gasteiger charge is -2.07. The predicted octanol–water partition coefficient (Wildman–Crippen LogP) is 3.24. The van der Waals surface area contributed by atoms with E-state index in [0.717, 1.165) is 16.7 Å². The van der Waals surface area contributed by atoms with E-state index in [0.29, 0.717) is 5.75 Å². The minimum Gasteiger partial charge on any atom is -0.369 e. The van der Waals surface area contributed by atoms with Gasteiger partial charge in [-0.15, -0.1) is 0 Å². The van der Waals surface area contributed by atoms with Gasteiger partial charge in [-0.2, -0.15) is 0 Å². The molecule has 3 aromatic rings. The van der Waals surface area contributed by atoms with Crippen LogP contribution >= 0.6 is 0 Å². The van der Waals surface area contributed by atoms with Crippen molar-refractivity contribution in [1.29, 1.82) is 0 Å². The fraction of sp³-hybridized carbons (Fsp3) is 0.105. The number of primary amides is 1. The Morgan fingerprint density at radius 1 is 0.870 bits per heavy atom. The Balaban J connectivity index is 1.88. The molecule has 0 radical (unpaired) electrons. The number of benzene rings is 3. The molecule has 0 saturated heterocycles. The first-order valence-electron chi connectivity index (χ1n) is 7.33. The third-order valence-corrected chi connectivity index (χ3v) is 4.90. The molecular weight excluding hydrogens is 306 g/mol. The Hall–Kier alpha value is -2.46. The van der Waals surface area contributed by atoms with E-state index in [1.165, 1.54) is 10.8 Å². The van der Waals surface area contributed by atoms with Crippen molar-refractivity contribution in [2.24, 2.45) is 5.73 Å². The number of nitrogens with two attached hydrogens (primary N) is 1. The number of fused-ring (bicyclic) bond motifs is 1. The molecule has 0 aliphatic heterocycles. The van der Waals surface area contributed by atoms with Crippen molar-refractivity contribution in [3.05, 3.63) is 72.3 Å². The van der Waals surface area contributed by atoms with Gasteiger partial charge in [-0.05, 0) is 33.5 Å². The molecule has 0 unspecified atom stereocenters. The van der Waals surface area contributed by atoms with Crippen molar-refractivity contribution in [2.75, 3.05) is 5.75 Å². The highest BCUT2D eigenvalue weighted by Crippen LogP contribution is 2.25. The molecular formula is C19H17NO2S. The SMILES string of the molecule is NC(=O)C[S@](=O)Cc1cccc(-c2ccc3ccccc3c2)c1. The number of carbonyl (C=O) groups is 1. The van der Waals surface area contributed by atoms with Gasteiger partial charge >= 0.3 is 0 Å². The minimum atomic E-state index is -1.26. The molecule has 1 atom stereocenters. The molecule has 1 amide bonds. The molecule has 0 aliphatic carbocycles. The van der Waals surface area contributed by atoms with Crippen LogP contribution in [0.1, 0.15) is 5.56 Å². The molecule has 0 heterocycles. The van der Waals surface area contributed by atoms with Crippen molar-refractivity contribution >= 4 is 27.5 Å². The average Bonchev–Trinajstić information content (AvgIpc) is 2.54. The van der Waals surface area contributed by atoms with Crippen LogP contribution in [0, 0.1) is 0 Å². The summed E-state index contributed by atoms with van der Waals surface area (Å²) in [4.78, 5) is 10.8.